The summed E-state index contributed by atoms with van der Waals surface area (Å²) in [6.07, 6.45) is 1.40. The van der Waals surface area contributed by atoms with Gasteiger partial charge in [-0.1, -0.05) is 29.1 Å². The smallest absolute Gasteiger partial charge is 0.384 e. The first-order valence-corrected chi connectivity index (χ1v) is 4.30. The van der Waals surface area contributed by atoms with Gasteiger partial charge in [0.25, 0.3) is 0 Å². The Kier molecular flexibility index (Phi) is 3.75. The Morgan fingerprint density at radius 2 is 2.29 bits per heavy atom. The van der Waals surface area contributed by atoms with Crippen LogP contribution in [0.1, 0.15) is 5.56 Å². The lowest BCUT2D eigenvalue weighted by atomic mass is 10.3. The molecule has 0 amide bonds. The van der Waals surface area contributed by atoms with Crippen molar-refractivity contribution >= 4 is 29.2 Å². The summed E-state index contributed by atoms with van der Waals surface area (Å²) in [7, 11) is 1.24. The highest BCUT2D eigenvalue weighted by Gasteiger charge is 1.99. The van der Waals surface area contributed by atoms with Gasteiger partial charge in [-0.05, 0) is 6.07 Å². The fraction of sp³-hybridized carbons (Fsp3) is 0.111. The summed E-state index contributed by atoms with van der Waals surface area (Å²) in [5, 5.41) is 0.606. The Bertz CT molecular complexity index is 421. The number of aromatic nitrogens is 1. The normalized spacial score (nSPS) is 8.79. The van der Waals surface area contributed by atoms with Crippen molar-refractivity contribution in [1.82, 2.24) is 4.98 Å². The van der Waals surface area contributed by atoms with Crippen LogP contribution in [0.3, 0.4) is 0 Å². The number of carbonyl (C=O) groups is 1. The van der Waals surface area contributed by atoms with E-state index in [9.17, 15) is 4.79 Å². The van der Waals surface area contributed by atoms with E-state index in [1.807, 2.05) is 0 Å². The van der Waals surface area contributed by atoms with Gasteiger partial charge in [-0.25, -0.2) is 9.78 Å². The van der Waals surface area contributed by atoms with E-state index >= 15 is 0 Å². The van der Waals surface area contributed by atoms with Crippen LogP contribution in [0.5, 0.6) is 0 Å². The molecule has 0 bridgehead atoms. The van der Waals surface area contributed by atoms with Crippen molar-refractivity contribution in [3.63, 3.8) is 0 Å². The molecule has 5 heteroatoms. The van der Waals surface area contributed by atoms with E-state index in [0.717, 1.165) is 0 Å². The second-order valence-corrected chi connectivity index (χ2v) is 3.03. The van der Waals surface area contributed by atoms with Crippen LogP contribution in [0, 0.1) is 11.8 Å². The Labute approximate surface area is 91.0 Å². The zero-order valence-electron chi connectivity index (χ0n) is 7.17. The van der Waals surface area contributed by atoms with Crippen LogP contribution >= 0.6 is 23.2 Å². The van der Waals surface area contributed by atoms with Crippen LogP contribution in [-0.4, -0.2) is 18.1 Å². The maximum Gasteiger partial charge on any atom is 0.384 e. The van der Waals surface area contributed by atoms with Crippen molar-refractivity contribution in [2.24, 2.45) is 0 Å². The minimum Gasteiger partial charge on any atom is -0.459 e. The van der Waals surface area contributed by atoms with Crippen LogP contribution in [0.4, 0.5) is 0 Å². The minimum absolute atomic E-state index is 0.200. The van der Waals surface area contributed by atoms with Gasteiger partial charge in [-0.2, -0.15) is 0 Å². The Hall–Kier alpha value is -1.24. The molecular formula is C9H5Cl2NO2. The fourth-order valence-electron chi connectivity index (χ4n) is 0.680. The Morgan fingerprint density at radius 1 is 1.57 bits per heavy atom. The lowest BCUT2D eigenvalue weighted by Gasteiger charge is -1.94. The molecule has 0 aliphatic carbocycles. The maximum absolute atomic E-state index is 10.7. The lowest BCUT2D eigenvalue weighted by Crippen LogP contribution is -1.94. The molecule has 0 radical (unpaired) electrons. The van der Waals surface area contributed by atoms with Crippen molar-refractivity contribution in [2.75, 3.05) is 7.11 Å². The van der Waals surface area contributed by atoms with Crippen molar-refractivity contribution in [3.05, 3.63) is 28.0 Å². The predicted molar refractivity (Wildman–Crippen MR) is 53.2 cm³/mol. The van der Waals surface area contributed by atoms with Crippen LogP contribution in [-0.2, 0) is 9.53 Å². The molecule has 1 rings (SSSR count). The topological polar surface area (TPSA) is 39.2 Å². The number of pyridine rings is 1. The van der Waals surface area contributed by atoms with Crippen molar-refractivity contribution in [1.29, 1.82) is 0 Å². The number of rotatable bonds is 0. The van der Waals surface area contributed by atoms with E-state index in [4.69, 9.17) is 23.2 Å². The Morgan fingerprint density at radius 3 is 2.93 bits per heavy atom. The molecular weight excluding hydrogens is 225 g/mol. The molecule has 1 aromatic heterocycles. The van der Waals surface area contributed by atoms with Crippen molar-refractivity contribution in [2.45, 2.75) is 0 Å². The van der Waals surface area contributed by atoms with Gasteiger partial charge in [0, 0.05) is 12.1 Å². The summed E-state index contributed by atoms with van der Waals surface area (Å²) in [6.45, 7) is 0. The quantitative estimate of drug-likeness (QED) is 0.388. The average Bonchev–Trinajstić information content (AvgIpc) is 2.19. The number of methoxy groups -OCH3 is 1. The first kappa shape index (κ1) is 10.8. The molecule has 0 aliphatic rings. The van der Waals surface area contributed by atoms with Gasteiger partial charge < -0.3 is 4.74 Å². The summed E-state index contributed by atoms with van der Waals surface area (Å²) in [4.78, 5) is 14.5. The van der Waals surface area contributed by atoms with Gasteiger partial charge in [0.1, 0.15) is 5.15 Å². The number of esters is 1. The number of halogens is 2. The molecule has 0 atom stereocenters. The van der Waals surface area contributed by atoms with E-state index in [1.54, 1.807) is 0 Å². The average molecular weight is 230 g/mol. The van der Waals surface area contributed by atoms with Crippen LogP contribution < -0.4 is 0 Å². The molecule has 0 aromatic carbocycles. The van der Waals surface area contributed by atoms with Crippen molar-refractivity contribution in [3.8, 4) is 11.8 Å². The summed E-state index contributed by atoms with van der Waals surface area (Å²) in [5.74, 6) is 4.09. The predicted octanol–water partition coefficient (Wildman–Crippen LogP) is 1.91. The molecule has 0 fully saturated rings. The highest BCUT2D eigenvalue weighted by molar-refractivity contribution is 6.32. The van der Waals surface area contributed by atoms with Gasteiger partial charge in [0.15, 0.2) is 0 Å². The first-order valence-electron chi connectivity index (χ1n) is 3.54. The number of ether oxygens (including phenoxy) is 1. The molecule has 0 aliphatic heterocycles. The number of hydrogen-bond donors (Lipinski definition) is 0. The molecule has 0 N–H and O–H groups in total. The van der Waals surface area contributed by atoms with Crippen LogP contribution in [0.15, 0.2) is 12.3 Å². The van der Waals surface area contributed by atoms with E-state index < -0.39 is 5.97 Å². The number of hydrogen-bond acceptors (Lipinski definition) is 3. The van der Waals surface area contributed by atoms with Gasteiger partial charge in [0.05, 0.1) is 17.7 Å². The van der Waals surface area contributed by atoms with Gasteiger partial charge in [-0.3, -0.25) is 0 Å². The third kappa shape index (κ3) is 2.91. The molecule has 1 heterocycles. The zero-order chi connectivity index (χ0) is 10.6. The highest BCUT2D eigenvalue weighted by Crippen LogP contribution is 2.15. The van der Waals surface area contributed by atoms with Crippen LogP contribution in [0.2, 0.25) is 10.2 Å². The minimum atomic E-state index is -0.638. The molecule has 0 spiro atoms. The first-order chi connectivity index (χ1) is 6.63. The molecule has 0 unspecified atom stereocenters. The summed E-state index contributed by atoms with van der Waals surface area (Å²) < 4.78 is 4.33. The van der Waals surface area contributed by atoms with Gasteiger partial charge in [0.2, 0.25) is 0 Å². The number of nitrogens with zero attached hydrogens (tertiary/aromatic N) is 1. The SMILES string of the molecule is COC(=O)C#Cc1cc(Cl)cnc1Cl. The highest BCUT2D eigenvalue weighted by atomic mass is 35.5. The maximum atomic E-state index is 10.7. The number of carbonyl (C=O) groups excluding carboxylic acids is 1. The van der Waals surface area contributed by atoms with E-state index in [1.165, 1.54) is 19.4 Å². The van der Waals surface area contributed by atoms with Gasteiger partial charge in [-0.15, -0.1) is 0 Å². The Balaban J connectivity index is 3.00. The molecule has 0 saturated carbocycles. The second-order valence-electron chi connectivity index (χ2n) is 2.23. The summed E-state index contributed by atoms with van der Waals surface area (Å²) >= 11 is 11.4. The molecule has 14 heavy (non-hydrogen) atoms. The zero-order valence-corrected chi connectivity index (χ0v) is 8.69. The lowest BCUT2D eigenvalue weighted by molar-refractivity contribution is -0.133. The van der Waals surface area contributed by atoms with Crippen molar-refractivity contribution < 1.29 is 9.53 Å². The summed E-state index contributed by atoms with van der Waals surface area (Å²) in [5.41, 5.74) is 0.393. The summed E-state index contributed by atoms with van der Waals surface area (Å²) in [6, 6.07) is 1.52. The fourth-order valence-corrected chi connectivity index (χ4v) is 0.988. The van der Waals surface area contributed by atoms with E-state index in [0.29, 0.717) is 10.6 Å². The second kappa shape index (κ2) is 4.85. The van der Waals surface area contributed by atoms with E-state index in [-0.39, 0.29) is 5.15 Å². The third-order valence-electron chi connectivity index (χ3n) is 1.29. The molecule has 3 nitrogen and oxygen atoms in total. The molecule has 1 aromatic rings. The van der Waals surface area contributed by atoms with E-state index in [2.05, 4.69) is 21.6 Å². The molecule has 0 saturated heterocycles. The molecule has 72 valence electrons. The van der Waals surface area contributed by atoms with Gasteiger partial charge >= 0.3 is 5.97 Å². The third-order valence-corrected chi connectivity index (χ3v) is 1.80. The monoisotopic (exact) mass is 229 g/mol. The van der Waals surface area contributed by atoms with Crippen LogP contribution in [0.25, 0.3) is 0 Å². The largest absolute Gasteiger partial charge is 0.459 e. The standard InChI is InChI=1S/C9H5Cl2NO2/c1-14-8(13)3-2-6-4-7(10)5-12-9(6)11/h4-5H,1H3.